The zero-order valence-corrected chi connectivity index (χ0v) is 12.3. The number of aromatic hydroxyl groups is 1. The summed E-state index contributed by atoms with van der Waals surface area (Å²) >= 11 is 1.66. The standard InChI is InChI=1S/C13H14N4O3S/c1-6-3-4-9(21-6)7-5-8(16-15-7)10-11(18)14-13(20)17(2)12(10)19/h3-4,7,15,19H,5H2,1-2H3,(H,14,18,20). The molecule has 21 heavy (non-hydrogen) atoms. The lowest BCUT2D eigenvalue weighted by molar-refractivity contribution is 0.416. The summed E-state index contributed by atoms with van der Waals surface area (Å²) in [5.74, 6) is -0.368. The molecule has 1 atom stereocenters. The smallest absolute Gasteiger partial charge is 0.330 e. The highest BCUT2D eigenvalue weighted by molar-refractivity contribution is 7.12. The second-order valence-electron chi connectivity index (χ2n) is 4.91. The van der Waals surface area contributed by atoms with Crippen LogP contribution in [0.3, 0.4) is 0 Å². The van der Waals surface area contributed by atoms with Gasteiger partial charge in [0.25, 0.3) is 5.56 Å². The maximum absolute atomic E-state index is 11.9. The van der Waals surface area contributed by atoms with Gasteiger partial charge in [-0.15, -0.1) is 11.3 Å². The van der Waals surface area contributed by atoms with E-state index >= 15 is 0 Å². The molecule has 7 nitrogen and oxygen atoms in total. The summed E-state index contributed by atoms with van der Waals surface area (Å²) in [5.41, 5.74) is 2.18. The minimum atomic E-state index is -0.654. The van der Waals surface area contributed by atoms with Crippen molar-refractivity contribution >= 4 is 17.0 Å². The zero-order chi connectivity index (χ0) is 15.1. The lowest BCUT2D eigenvalue weighted by Crippen LogP contribution is -2.32. The van der Waals surface area contributed by atoms with Crippen molar-refractivity contribution in [3.8, 4) is 5.88 Å². The minimum absolute atomic E-state index is 0.0188. The fraction of sp³-hybridized carbons (Fsp3) is 0.308. The Morgan fingerprint density at radius 3 is 2.86 bits per heavy atom. The summed E-state index contributed by atoms with van der Waals surface area (Å²) in [6.07, 6.45) is 0.481. The number of H-pyrrole nitrogens is 1. The van der Waals surface area contributed by atoms with Gasteiger partial charge in [0, 0.05) is 23.2 Å². The molecule has 0 bridgehead atoms. The molecule has 2 aromatic rings. The molecule has 1 aliphatic heterocycles. The molecular formula is C13H14N4O3S. The van der Waals surface area contributed by atoms with E-state index in [9.17, 15) is 14.7 Å². The average Bonchev–Trinajstić information content (AvgIpc) is 3.05. The van der Waals surface area contributed by atoms with Gasteiger partial charge in [-0.3, -0.25) is 14.3 Å². The molecule has 3 heterocycles. The summed E-state index contributed by atoms with van der Waals surface area (Å²) in [5, 5.41) is 14.2. The second-order valence-corrected chi connectivity index (χ2v) is 6.23. The van der Waals surface area contributed by atoms with Crippen molar-refractivity contribution in [3.05, 3.63) is 48.3 Å². The molecule has 110 valence electrons. The van der Waals surface area contributed by atoms with E-state index in [1.165, 1.54) is 11.9 Å². The van der Waals surface area contributed by atoms with Gasteiger partial charge in [0.05, 0.1) is 11.8 Å². The quantitative estimate of drug-likeness (QED) is 0.756. The molecule has 3 rings (SSSR count). The van der Waals surface area contributed by atoms with E-state index in [0.29, 0.717) is 12.1 Å². The number of aryl methyl sites for hydroxylation is 1. The van der Waals surface area contributed by atoms with Gasteiger partial charge in [-0.2, -0.15) is 5.10 Å². The van der Waals surface area contributed by atoms with Gasteiger partial charge in [-0.1, -0.05) is 0 Å². The number of thiophene rings is 1. The third-order valence-corrected chi connectivity index (χ3v) is 4.55. The third kappa shape index (κ3) is 2.27. The van der Waals surface area contributed by atoms with Gasteiger partial charge in [0.15, 0.2) is 0 Å². The number of rotatable bonds is 2. The number of aromatic nitrogens is 2. The molecule has 0 fully saturated rings. The Labute approximate surface area is 123 Å². The first-order valence-electron chi connectivity index (χ1n) is 6.38. The lowest BCUT2D eigenvalue weighted by Gasteiger charge is -2.08. The fourth-order valence-corrected chi connectivity index (χ4v) is 3.19. The summed E-state index contributed by atoms with van der Waals surface area (Å²) < 4.78 is 0.988. The molecule has 0 aliphatic carbocycles. The Bertz CT molecular complexity index is 846. The second kappa shape index (κ2) is 4.88. The van der Waals surface area contributed by atoms with Gasteiger partial charge >= 0.3 is 5.69 Å². The Morgan fingerprint density at radius 2 is 2.19 bits per heavy atom. The van der Waals surface area contributed by atoms with Gasteiger partial charge in [0.1, 0.15) is 5.56 Å². The van der Waals surface area contributed by atoms with Gasteiger partial charge in [-0.05, 0) is 19.1 Å². The number of nitrogens with one attached hydrogen (secondary N) is 2. The Morgan fingerprint density at radius 1 is 1.43 bits per heavy atom. The van der Waals surface area contributed by atoms with Crippen LogP contribution in [0.5, 0.6) is 5.88 Å². The van der Waals surface area contributed by atoms with Crippen LogP contribution in [-0.2, 0) is 7.05 Å². The number of nitrogens with zero attached hydrogens (tertiary/aromatic N) is 2. The van der Waals surface area contributed by atoms with E-state index in [2.05, 4.69) is 15.5 Å². The van der Waals surface area contributed by atoms with Crippen LogP contribution in [0, 0.1) is 6.92 Å². The van der Waals surface area contributed by atoms with E-state index in [4.69, 9.17) is 0 Å². The fourth-order valence-electron chi connectivity index (χ4n) is 2.27. The van der Waals surface area contributed by atoms with Gasteiger partial charge in [-0.25, -0.2) is 4.79 Å². The summed E-state index contributed by atoms with van der Waals surface area (Å²) in [7, 11) is 1.39. The molecule has 1 unspecified atom stereocenters. The SMILES string of the molecule is Cc1ccc(C2CC(c3c(O)n(C)c(=O)[nH]c3=O)=NN2)s1. The molecule has 0 radical (unpaired) electrons. The number of hydrogen-bond donors (Lipinski definition) is 3. The van der Waals surface area contributed by atoms with Crippen LogP contribution in [0.2, 0.25) is 0 Å². The molecule has 0 aromatic carbocycles. The maximum Gasteiger partial charge on any atom is 0.330 e. The van der Waals surface area contributed by atoms with Gasteiger partial charge < -0.3 is 10.5 Å². The van der Waals surface area contributed by atoms with Crippen molar-refractivity contribution in [3.63, 3.8) is 0 Å². The summed E-state index contributed by atoms with van der Waals surface area (Å²) in [6.45, 7) is 2.02. The Kier molecular flexibility index (Phi) is 3.17. The highest BCUT2D eigenvalue weighted by Gasteiger charge is 2.27. The first-order valence-corrected chi connectivity index (χ1v) is 7.20. The third-order valence-electron chi connectivity index (χ3n) is 3.44. The molecular weight excluding hydrogens is 292 g/mol. The monoisotopic (exact) mass is 306 g/mol. The highest BCUT2D eigenvalue weighted by Crippen LogP contribution is 2.30. The molecule has 8 heteroatoms. The summed E-state index contributed by atoms with van der Waals surface area (Å²) in [6, 6.07) is 4.02. The average molecular weight is 306 g/mol. The van der Waals surface area contributed by atoms with Crippen LogP contribution in [0.15, 0.2) is 26.8 Å². The predicted octanol–water partition coefficient (Wildman–Crippen LogP) is 0.588. The molecule has 0 saturated carbocycles. The van der Waals surface area contributed by atoms with Crippen molar-refractivity contribution in [1.29, 1.82) is 0 Å². The highest BCUT2D eigenvalue weighted by atomic mass is 32.1. The topological polar surface area (TPSA) is 99.5 Å². The van der Waals surface area contributed by atoms with Crippen molar-refractivity contribution in [2.24, 2.45) is 12.1 Å². The minimum Gasteiger partial charge on any atom is -0.494 e. The molecule has 3 N–H and O–H groups in total. The lowest BCUT2D eigenvalue weighted by atomic mass is 10.1. The number of hydrazone groups is 1. The van der Waals surface area contributed by atoms with E-state index < -0.39 is 11.2 Å². The molecule has 0 spiro atoms. The van der Waals surface area contributed by atoms with Crippen molar-refractivity contribution in [2.75, 3.05) is 0 Å². The van der Waals surface area contributed by atoms with E-state index in [0.717, 1.165) is 9.44 Å². The van der Waals surface area contributed by atoms with Crippen LogP contribution in [0.1, 0.15) is 27.8 Å². The largest absolute Gasteiger partial charge is 0.494 e. The van der Waals surface area contributed by atoms with E-state index in [-0.39, 0.29) is 17.5 Å². The van der Waals surface area contributed by atoms with Crippen LogP contribution >= 0.6 is 11.3 Å². The first kappa shape index (κ1) is 13.6. The molecule has 0 amide bonds. The van der Waals surface area contributed by atoms with Crippen LogP contribution < -0.4 is 16.7 Å². The predicted molar refractivity (Wildman–Crippen MR) is 80.1 cm³/mol. The molecule has 0 saturated heterocycles. The molecule has 2 aromatic heterocycles. The van der Waals surface area contributed by atoms with E-state index in [1.54, 1.807) is 11.3 Å². The van der Waals surface area contributed by atoms with Crippen molar-refractivity contribution < 1.29 is 5.11 Å². The molecule has 1 aliphatic rings. The van der Waals surface area contributed by atoms with Crippen LogP contribution in [0.4, 0.5) is 0 Å². The maximum atomic E-state index is 11.9. The van der Waals surface area contributed by atoms with Gasteiger partial charge in [0.2, 0.25) is 5.88 Å². The first-order chi connectivity index (χ1) is 9.97. The zero-order valence-electron chi connectivity index (χ0n) is 11.5. The van der Waals surface area contributed by atoms with Crippen LogP contribution in [-0.4, -0.2) is 20.4 Å². The van der Waals surface area contributed by atoms with E-state index in [1.807, 2.05) is 19.1 Å². The summed E-state index contributed by atoms with van der Waals surface area (Å²) in [4.78, 5) is 27.8. The van der Waals surface area contributed by atoms with Crippen LogP contribution in [0.25, 0.3) is 0 Å². The number of hydrogen-bond acceptors (Lipinski definition) is 6. The normalized spacial score (nSPS) is 17.6. The Balaban J connectivity index is 1.96. The van der Waals surface area contributed by atoms with Crippen molar-refractivity contribution in [2.45, 2.75) is 19.4 Å². The number of aromatic amines is 1. The Hall–Kier alpha value is -2.35. The van der Waals surface area contributed by atoms with Crippen molar-refractivity contribution in [1.82, 2.24) is 15.0 Å².